The highest BCUT2D eigenvalue weighted by Gasteiger charge is 2.10. The smallest absolute Gasteiger partial charge is 0.191 e. The second-order valence-electron chi connectivity index (χ2n) is 6.28. The Hall–Kier alpha value is -1.55. The first-order chi connectivity index (χ1) is 11.3. The van der Waals surface area contributed by atoms with Crippen molar-refractivity contribution in [2.45, 2.75) is 52.6 Å². The minimum atomic E-state index is 0.725. The number of hydrogen-bond donors (Lipinski definition) is 2. The molecule has 2 rings (SSSR count). The maximum Gasteiger partial charge on any atom is 0.191 e. The molecule has 1 saturated heterocycles. The second kappa shape index (κ2) is 10.3. The Kier molecular flexibility index (Phi) is 7.95. The highest BCUT2D eigenvalue weighted by Crippen LogP contribution is 2.13. The third-order valence-corrected chi connectivity index (χ3v) is 4.18. The summed E-state index contributed by atoms with van der Waals surface area (Å²) >= 11 is 0. The zero-order valence-corrected chi connectivity index (χ0v) is 14.8. The number of piperidine rings is 1. The molecule has 0 aromatic heterocycles. The molecule has 0 amide bonds. The van der Waals surface area contributed by atoms with Crippen molar-refractivity contribution in [3.8, 4) is 0 Å². The van der Waals surface area contributed by atoms with Crippen LogP contribution in [-0.2, 0) is 13.1 Å². The van der Waals surface area contributed by atoms with Gasteiger partial charge in [0.05, 0.1) is 6.54 Å². The average molecular weight is 316 g/mol. The molecule has 0 unspecified atom stereocenters. The van der Waals surface area contributed by atoms with Gasteiger partial charge in [0.15, 0.2) is 5.96 Å². The Bertz CT molecular complexity index is 461. The molecule has 0 bridgehead atoms. The van der Waals surface area contributed by atoms with Crippen LogP contribution < -0.4 is 10.6 Å². The summed E-state index contributed by atoms with van der Waals surface area (Å²) in [4.78, 5) is 7.21. The molecule has 0 aliphatic carbocycles. The summed E-state index contributed by atoms with van der Waals surface area (Å²) in [5.41, 5.74) is 2.68. The van der Waals surface area contributed by atoms with Crippen LogP contribution in [0.15, 0.2) is 29.3 Å². The molecule has 0 radical (unpaired) electrons. The van der Waals surface area contributed by atoms with E-state index in [-0.39, 0.29) is 0 Å². The molecule has 0 saturated carbocycles. The van der Waals surface area contributed by atoms with Crippen LogP contribution in [0.4, 0.5) is 0 Å². The number of likely N-dealkylation sites (tertiary alicyclic amines) is 1. The molecule has 1 fully saturated rings. The first-order valence-electron chi connectivity index (χ1n) is 9.14. The highest BCUT2D eigenvalue weighted by atomic mass is 15.2. The molecule has 1 aliphatic rings. The van der Waals surface area contributed by atoms with Crippen molar-refractivity contribution < 1.29 is 0 Å². The van der Waals surface area contributed by atoms with Crippen LogP contribution in [0.5, 0.6) is 0 Å². The van der Waals surface area contributed by atoms with Gasteiger partial charge in [-0.05, 0) is 50.4 Å². The minimum Gasteiger partial charge on any atom is -0.357 e. The molecule has 2 N–H and O–H groups in total. The quantitative estimate of drug-likeness (QED) is 0.600. The lowest BCUT2D eigenvalue weighted by atomic mass is 10.1. The number of nitrogens with zero attached hydrogens (tertiary/aromatic N) is 2. The molecule has 128 valence electrons. The van der Waals surface area contributed by atoms with Crippen LogP contribution in [0.25, 0.3) is 0 Å². The number of benzene rings is 1. The predicted molar refractivity (Wildman–Crippen MR) is 98.7 cm³/mol. The van der Waals surface area contributed by atoms with Crippen molar-refractivity contribution in [3.63, 3.8) is 0 Å². The molecular weight excluding hydrogens is 284 g/mol. The number of rotatable bonds is 7. The Balaban J connectivity index is 1.85. The zero-order chi connectivity index (χ0) is 16.3. The van der Waals surface area contributed by atoms with E-state index in [1.807, 2.05) is 0 Å². The summed E-state index contributed by atoms with van der Waals surface area (Å²) in [5, 5.41) is 6.62. The predicted octanol–water partition coefficient (Wildman–Crippen LogP) is 3.14. The fraction of sp³-hybridized carbons (Fsp3) is 0.632. The van der Waals surface area contributed by atoms with Crippen molar-refractivity contribution >= 4 is 5.96 Å². The van der Waals surface area contributed by atoms with Gasteiger partial charge in [-0.25, -0.2) is 4.99 Å². The fourth-order valence-electron chi connectivity index (χ4n) is 2.88. The number of aliphatic imine (C=N–C) groups is 1. The SMILES string of the molecule is CCCNC(=NCc1ccc(CN2CCCCC2)cc1)NCC. The van der Waals surface area contributed by atoms with Gasteiger partial charge in [0.2, 0.25) is 0 Å². The van der Waals surface area contributed by atoms with Crippen molar-refractivity contribution in [1.82, 2.24) is 15.5 Å². The van der Waals surface area contributed by atoms with Gasteiger partial charge in [-0.1, -0.05) is 37.6 Å². The second-order valence-corrected chi connectivity index (χ2v) is 6.28. The lowest BCUT2D eigenvalue weighted by Crippen LogP contribution is -2.37. The Morgan fingerprint density at radius 2 is 1.70 bits per heavy atom. The van der Waals surface area contributed by atoms with E-state index < -0.39 is 0 Å². The van der Waals surface area contributed by atoms with Gasteiger partial charge in [-0.2, -0.15) is 0 Å². The Labute approximate surface area is 141 Å². The highest BCUT2D eigenvalue weighted by molar-refractivity contribution is 5.79. The molecule has 1 heterocycles. The van der Waals surface area contributed by atoms with Gasteiger partial charge >= 0.3 is 0 Å². The van der Waals surface area contributed by atoms with Gasteiger partial charge < -0.3 is 10.6 Å². The third kappa shape index (κ3) is 6.61. The van der Waals surface area contributed by atoms with Gasteiger partial charge in [0.25, 0.3) is 0 Å². The fourth-order valence-corrected chi connectivity index (χ4v) is 2.88. The van der Waals surface area contributed by atoms with Gasteiger partial charge in [-0.3, -0.25) is 4.90 Å². The van der Waals surface area contributed by atoms with Crippen LogP contribution in [0.2, 0.25) is 0 Å². The molecule has 1 aliphatic heterocycles. The number of nitrogens with one attached hydrogen (secondary N) is 2. The van der Waals surface area contributed by atoms with Crippen LogP contribution >= 0.6 is 0 Å². The summed E-state index contributed by atoms with van der Waals surface area (Å²) in [5.74, 6) is 0.909. The molecule has 0 spiro atoms. The van der Waals surface area contributed by atoms with E-state index in [1.54, 1.807) is 0 Å². The lowest BCUT2D eigenvalue weighted by molar-refractivity contribution is 0.221. The van der Waals surface area contributed by atoms with E-state index in [2.05, 4.69) is 58.6 Å². The standard InChI is InChI=1S/C19H32N4/c1-3-12-21-19(20-4-2)22-15-17-8-10-18(11-9-17)16-23-13-6-5-7-14-23/h8-11H,3-7,12-16H2,1-2H3,(H2,20,21,22). The normalized spacial score (nSPS) is 16.3. The van der Waals surface area contributed by atoms with E-state index in [9.17, 15) is 0 Å². The topological polar surface area (TPSA) is 39.7 Å². The van der Waals surface area contributed by atoms with Crippen molar-refractivity contribution in [3.05, 3.63) is 35.4 Å². The van der Waals surface area contributed by atoms with Crippen LogP contribution in [0, 0.1) is 0 Å². The van der Waals surface area contributed by atoms with Crippen LogP contribution in [0.3, 0.4) is 0 Å². The van der Waals surface area contributed by atoms with Gasteiger partial charge in [-0.15, -0.1) is 0 Å². The van der Waals surface area contributed by atoms with E-state index in [0.717, 1.165) is 38.6 Å². The van der Waals surface area contributed by atoms with Crippen molar-refractivity contribution in [2.75, 3.05) is 26.2 Å². The Morgan fingerprint density at radius 1 is 1.00 bits per heavy atom. The summed E-state index contributed by atoms with van der Waals surface area (Å²) < 4.78 is 0. The number of hydrogen-bond acceptors (Lipinski definition) is 2. The van der Waals surface area contributed by atoms with E-state index in [0.29, 0.717) is 0 Å². The van der Waals surface area contributed by atoms with E-state index in [4.69, 9.17) is 0 Å². The average Bonchev–Trinajstić information content (AvgIpc) is 2.59. The lowest BCUT2D eigenvalue weighted by Gasteiger charge is -2.26. The van der Waals surface area contributed by atoms with Crippen molar-refractivity contribution in [1.29, 1.82) is 0 Å². The third-order valence-electron chi connectivity index (χ3n) is 4.18. The minimum absolute atomic E-state index is 0.725. The molecule has 4 heteroatoms. The largest absolute Gasteiger partial charge is 0.357 e. The zero-order valence-electron chi connectivity index (χ0n) is 14.8. The van der Waals surface area contributed by atoms with Crippen LogP contribution in [-0.4, -0.2) is 37.0 Å². The first-order valence-corrected chi connectivity index (χ1v) is 9.14. The van der Waals surface area contributed by atoms with E-state index in [1.165, 1.54) is 43.5 Å². The monoisotopic (exact) mass is 316 g/mol. The molecule has 4 nitrogen and oxygen atoms in total. The molecule has 1 aromatic carbocycles. The molecular formula is C19H32N4. The maximum absolute atomic E-state index is 4.65. The van der Waals surface area contributed by atoms with Crippen molar-refractivity contribution in [2.24, 2.45) is 4.99 Å². The summed E-state index contributed by atoms with van der Waals surface area (Å²) in [6.07, 6.45) is 5.21. The number of guanidine groups is 1. The Morgan fingerprint density at radius 3 is 2.35 bits per heavy atom. The molecule has 23 heavy (non-hydrogen) atoms. The van der Waals surface area contributed by atoms with Gasteiger partial charge in [0.1, 0.15) is 0 Å². The molecule has 1 aromatic rings. The van der Waals surface area contributed by atoms with E-state index >= 15 is 0 Å². The van der Waals surface area contributed by atoms with Crippen LogP contribution in [0.1, 0.15) is 50.7 Å². The summed E-state index contributed by atoms with van der Waals surface area (Å²) in [6, 6.07) is 8.94. The summed E-state index contributed by atoms with van der Waals surface area (Å²) in [7, 11) is 0. The first kappa shape index (κ1) is 17.8. The molecule has 0 atom stereocenters. The van der Waals surface area contributed by atoms with Gasteiger partial charge in [0, 0.05) is 19.6 Å². The summed E-state index contributed by atoms with van der Waals surface area (Å²) in [6.45, 7) is 10.4. The maximum atomic E-state index is 4.65.